The van der Waals surface area contributed by atoms with Gasteiger partial charge in [-0.1, -0.05) is 123 Å². The van der Waals surface area contributed by atoms with E-state index in [1.54, 1.807) is 0 Å². The van der Waals surface area contributed by atoms with Gasteiger partial charge in [0.25, 0.3) is 0 Å². The van der Waals surface area contributed by atoms with E-state index >= 15 is 0 Å². The van der Waals surface area contributed by atoms with Crippen LogP contribution in [0.2, 0.25) is 0 Å². The average molecular weight is 621 g/mol. The standard InChI is InChI=1S/C13H19NO.C12H10Si.C9H7.2ClH.Ti/c1-8(2)10-6-5-7-11(9(3)4)12(10)13(14)15;1-3-7-11(8-4-1)13-12-9-5-2-6-10-12;1-2-5-9-7-3-6-8(9)4-1;;;/h5-9H,1-4H3,(H2,14,15);1-10H;1-7H;2*1H;/q;;-1;;;+2/p-3. The van der Waals surface area contributed by atoms with Crippen molar-refractivity contribution in [3.05, 3.63) is 144 Å². The Bertz CT molecular complexity index is 1310. The van der Waals surface area contributed by atoms with Gasteiger partial charge < -0.3 is 10.5 Å². The predicted molar refractivity (Wildman–Crippen MR) is 172 cm³/mol. The number of carbonyl (C=O) groups excluding carboxylic acids is 1. The van der Waals surface area contributed by atoms with Crippen molar-refractivity contribution in [1.29, 1.82) is 0 Å². The molecule has 5 rings (SSSR count). The molecule has 0 unspecified atom stereocenters. The maximum Gasteiger partial charge on any atom is 0.121 e. The minimum atomic E-state index is -0.567. The summed E-state index contributed by atoms with van der Waals surface area (Å²) in [6.07, 6.45) is 0. The van der Waals surface area contributed by atoms with Gasteiger partial charge in [0.1, 0.15) is 9.52 Å². The molecule has 206 valence electrons. The number of hydrogen-bond acceptors (Lipinski definition) is 1. The molecular formula is C34H35Cl2NOSiTi-2. The molecule has 0 aliphatic heterocycles. The van der Waals surface area contributed by atoms with Gasteiger partial charge in [0.15, 0.2) is 0 Å². The summed E-state index contributed by atoms with van der Waals surface area (Å²) < 4.78 is 0. The summed E-state index contributed by atoms with van der Waals surface area (Å²) in [7, 11) is 10.6. The van der Waals surface area contributed by atoms with Crippen LogP contribution in [0.15, 0.2) is 121 Å². The number of hydrogen-bond donors (Lipinski definition) is 0. The number of amides is 1. The van der Waals surface area contributed by atoms with Crippen LogP contribution in [0, 0.1) is 0 Å². The predicted octanol–water partition coefficient (Wildman–Crippen LogP) is 9.40. The molecule has 0 saturated carbocycles. The number of halogens is 2. The molecule has 1 amide bonds. The molecule has 40 heavy (non-hydrogen) atoms. The summed E-state index contributed by atoms with van der Waals surface area (Å²) in [5, 5.41) is 5.46. The van der Waals surface area contributed by atoms with Gasteiger partial charge in [-0.05, 0) is 23.0 Å². The largest absolute Gasteiger partial charge is 0.168 e. The fourth-order valence-corrected chi connectivity index (χ4v) is 5.14. The molecule has 0 bridgehead atoms. The Morgan fingerprint density at radius 3 is 1.57 bits per heavy atom. The van der Waals surface area contributed by atoms with Crippen LogP contribution in [0.3, 0.4) is 0 Å². The quantitative estimate of drug-likeness (QED) is 0.143. The van der Waals surface area contributed by atoms with E-state index < -0.39 is 22.9 Å². The van der Waals surface area contributed by atoms with Gasteiger partial charge in [-0.3, -0.25) is 0 Å². The molecule has 0 heterocycles. The van der Waals surface area contributed by atoms with Crippen molar-refractivity contribution >= 4 is 55.2 Å². The number of nitrogens with one attached hydrogen (secondary N) is 1. The van der Waals surface area contributed by atoms with E-state index in [1.165, 1.54) is 21.1 Å². The van der Waals surface area contributed by atoms with Gasteiger partial charge in [-0.25, -0.2) is 0 Å². The average Bonchev–Trinajstić information content (AvgIpc) is 3.44. The third-order valence-corrected chi connectivity index (χ3v) is 7.23. The van der Waals surface area contributed by atoms with Gasteiger partial charge in [-0.2, -0.15) is 17.5 Å². The summed E-state index contributed by atoms with van der Waals surface area (Å²) >= 11 is -0.556. The Morgan fingerprint density at radius 2 is 1.15 bits per heavy atom. The molecule has 0 saturated heterocycles. The van der Waals surface area contributed by atoms with E-state index in [4.69, 9.17) is 24.3 Å². The molecule has 5 aromatic rings. The minimum Gasteiger partial charge on any atom is -0.168 e. The van der Waals surface area contributed by atoms with Crippen LogP contribution >= 0.6 is 18.6 Å². The second kappa shape index (κ2) is 18.7. The molecule has 1 N–H and O–H groups in total. The first kappa shape index (κ1) is 33.7. The first-order valence-corrected chi connectivity index (χ1v) is 18.4. The van der Waals surface area contributed by atoms with Crippen molar-refractivity contribution in [3.8, 4) is 0 Å². The Labute approximate surface area is 258 Å². The zero-order valence-electron chi connectivity index (χ0n) is 23.4. The van der Waals surface area contributed by atoms with Crippen molar-refractivity contribution in [2.75, 3.05) is 0 Å². The van der Waals surface area contributed by atoms with Crippen LogP contribution in [0.5, 0.6) is 0 Å². The van der Waals surface area contributed by atoms with Crippen molar-refractivity contribution < 1.29 is 21.8 Å². The van der Waals surface area contributed by atoms with Gasteiger partial charge in [0, 0.05) is 5.56 Å². The van der Waals surface area contributed by atoms with Gasteiger partial charge in [0.05, 0.1) is 5.91 Å². The Hall–Kier alpha value is -2.53. The van der Waals surface area contributed by atoms with Crippen LogP contribution in [-0.4, -0.2) is 15.4 Å². The number of rotatable bonds is 5. The van der Waals surface area contributed by atoms with Crippen LogP contribution in [0.4, 0.5) is 0 Å². The third-order valence-electron chi connectivity index (χ3n) is 5.98. The molecule has 0 atom stereocenters. The first-order chi connectivity index (χ1) is 19.3. The van der Waals surface area contributed by atoms with Crippen molar-refractivity contribution in [2.24, 2.45) is 0 Å². The summed E-state index contributed by atoms with van der Waals surface area (Å²) in [6.45, 7) is 8.19. The first-order valence-electron chi connectivity index (χ1n) is 13.1. The SMILES string of the molecule is CC(C)c1cccc(C(C)C)c1C([NH-])=O.[Cl][Ti][Cl].c1ccc([Si]c2ccccc2)cc1.c1ccc2[cH-]ccc2c1. The van der Waals surface area contributed by atoms with Gasteiger partial charge in [-0.15, -0.1) is 29.7 Å². The molecule has 0 spiro atoms. The van der Waals surface area contributed by atoms with Crippen molar-refractivity contribution in [2.45, 2.75) is 39.5 Å². The minimum absolute atomic E-state index is 0.285. The summed E-state index contributed by atoms with van der Waals surface area (Å²) in [4.78, 5) is 11.4. The van der Waals surface area contributed by atoms with E-state index in [1.807, 2.05) is 45.9 Å². The molecule has 0 aliphatic carbocycles. The summed E-state index contributed by atoms with van der Waals surface area (Å²) in [5.74, 6) is 0.00370. The van der Waals surface area contributed by atoms with E-state index in [-0.39, 0.29) is 11.8 Å². The monoisotopic (exact) mass is 619 g/mol. The topological polar surface area (TPSA) is 40.9 Å². The molecule has 5 aromatic carbocycles. The van der Waals surface area contributed by atoms with E-state index in [0.29, 0.717) is 5.56 Å². The Morgan fingerprint density at radius 1 is 0.700 bits per heavy atom. The third kappa shape index (κ3) is 11.5. The molecule has 0 aliphatic rings. The molecule has 6 heteroatoms. The number of fused-ring (bicyclic) bond motifs is 1. The van der Waals surface area contributed by atoms with E-state index in [9.17, 15) is 4.79 Å². The second-order valence-corrected chi connectivity index (χ2v) is 13.5. The number of benzene rings is 4. The Balaban J connectivity index is 0.000000204. The smallest absolute Gasteiger partial charge is 0.121 e. The summed E-state index contributed by atoms with van der Waals surface area (Å²) in [6, 6.07) is 41.7. The zero-order chi connectivity index (χ0) is 29.3. The van der Waals surface area contributed by atoms with E-state index in [2.05, 4.69) is 103 Å². The maximum atomic E-state index is 11.4. The normalized spacial score (nSPS) is 10.0. The molecule has 0 aromatic heterocycles. The van der Waals surface area contributed by atoms with Crippen LogP contribution in [-0.2, 0) is 17.0 Å². The maximum absolute atomic E-state index is 11.4. The fraction of sp³-hybridized carbons (Fsp3) is 0.176. The van der Waals surface area contributed by atoms with Gasteiger partial charge in [0.2, 0.25) is 0 Å². The zero-order valence-corrected chi connectivity index (χ0v) is 27.4. The molecule has 2 nitrogen and oxygen atoms in total. The fourth-order valence-electron chi connectivity index (χ4n) is 4.09. The molecule has 0 fully saturated rings. The summed E-state index contributed by atoms with van der Waals surface area (Å²) in [5.41, 5.74) is 9.92. The van der Waals surface area contributed by atoms with Crippen LogP contribution < -0.4 is 10.4 Å². The van der Waals surface area contributed by atoms with Crippen molar-refractivity contribution in [3.63, 3.8) is 0 Å². The molecular weight excluding hydrogens is 585 g/mol. The second-order valence-electron chi connectivity index (χ2n) is 9.53. The van der Waals surface area contributed by atoms with Crippen LogP contribution in [0.1, 0.15) is 61.0 Å². The van der Waals surface area contributed by atoms with E-state index in [0.717, 1.165) is 20.6 Å². The molecule has 2 radical (unpaired) electrons. The van der Waals surface area contributed by atoms with Gasteiger partial charge >= 0.3 is 35.6 Å². The van der Waals surface area contributed by atoms with Crippen LogP contribution in [0.25, 0.3) is 16.5 Å². The Kier molecular flexibility index (Phi) is 15.8. The number of carbonyl (C=O) groups is 1. The van der Waals surface area contributed by atoms with Crippen molar-refractivity contribution in [1.82, 2.24) is 0 Å².